The van der Waals surface area contributed by atoms with Crippen molar-refractivity contribution in [2.45, 2.75) is 19.8 Å². The second kappa shape index (κ2) is 5.77. The molecule has 2 N–H and O–H groups in total. The van der Waals surface area contributed by atoms with E-state index < -0.39 is 0 Å². The molecule has 6 nitrogen and oxygen atoms in total. The van der Waals surface area contributed by atoms with Crippen LogP contribution in [0.4, 0.5) is 0 Å². The number of nitrogens with zero attached hydrogens (tertiary/aromatic N) is 1. The molecule has 0 spiro atoms. The minimum atomic E-state index is -0.159. The molecule has 2 heterocycles. The fourth-order valence-electron chi connectivity index (χ4n) is 1.95. The van der Waals surface area contributed by atoms with E-state index in [2.05, 4.69) is 15.3 Å². The van der Waals surface area contributed by atoms with Gasteiger partial charge in [-0.05, 0) is 13.3 Å². The van der Waals surface area contributed by atoms with Crippen LogP contribution in [0.2, 0.25) is 0 Å². The summed E-state index contributed by atoms with van der Waals surface area (Å²) in [7, 11) is 0. The van der Waals surface area contributed by atoms with E-state index in [9.17, 15) is 9.59 Å². The van der Waals surface area contributed by atoms with Gasteiger partial charge >= 0.3 is 0 Å². The van der Waals surface area contributed by atoms with Gasteiger partial charge in [-0.3, -0.25) is 9.59 Å². The van der Waals surface area contributed by atoms with Crippen molar-refractivity contribution >= 4 is 5.91 Å². The van der Waals surface area contributed by atoms with Crippen LogP contribution in [0.15, 0.2) is 10.9 Å². The number of carbonyl (C=O) groups is 1. The summed E-state index contributed by atoms with van der Waals surface area (Å²) in [6.45, 7) is 3.41. The molecule has 1 aromatic rings. The summed E-state index contributed by atoms with van der Waals surface area (Å²) in [5.74, 6) is 0.583. The summed E-state index contributed by atoms with van der Waals surface area (Å²) in [6, 6.07) is 1.44. The van der Waals surface area contributed by atoms with Crippen molar-refractivity contribution in [3.05, 3.63) is 27.9 Å². The van der Waals surface area contributed by atoms with Crippen LogP contribution < -0.4 is 10.9 Å². The van der Waals surface area contributed by atoms with Crippen molar-refractivity contribution in [1.82, 2.24) is 15.3 Å². The van der Waals surface area contributed by atoms with Crippen molar-refractivity contribution in [1.29, 1.82) is 0 Å². The summed E-state index contributed by atoms with van der Waals surface area (Å²) in [5, 5.41) is 2.83. The molecule has 1 fully saturated rings. The molecule has 18 heavy (non-hydrogen) atoms. The van der Waals surface area contributed by atoms with Crippen LogP contribution in [-0.2, 0) is 16.0 Å². The van der Waals surface area contributed by atoms with E-state index in [0.29, 0.717) is 37.7 Å². The molecule has 0 unspecified atom stereocenters. The first-order valence-corrected chi connectivity index (χ1v) is 6.07. The van der Waals surface area contributed by atoms with Crippen molar-refractivity contribution in [3.8, 4) is 0 Å². The zero-order valence-electron chi connectivity index (χ0n) is 10.4. The highest BCUT2D eigenvalue weighted by molar-refractivity contribution is 5.78. The van der Waals surface area contributed by atoms with Crippen molar-refractivity contribution < 1.29 is 9.53 Å². The predicted octanol–water partition coefficient (Wildman–Crippen LogP) is -0.226. The molecule has 1 aliphatic rings. The third-order valence-corrected chi connectivity index (χ3v) is 2.88. The number of ether oxygens (including phenoxy) is 1. The largest absolute Gasteiger partial charge is 0.381 e. The predicted molar refractivity (Wildman–Crippen MR) is 65.2 cm³/mol. The van der Waals surface area contributed by atoms with Gasteiger partial charge in [-0.15, -0.1) is 0 Å². The number of amides is 1. The van der Waals surface area contributed by atoms with Crippen LogP contribution in [0.25, 0.3) is 0 Å². The van der Waals surface area contributed by atoms with Crippen molar-refractivity contribution in [2.24, 2.45) is 5.92 Å². The van der Waals surface area contributed by atoms with Crippen LogP contribution in [0.1, 0.15) is 17.9 Å². The SMILES string of the molecule is Cc1cc(=O)[nH]c(CCNC(=O)[C@H]2CCOC2)n1. The monoisotopic (exact) mass is 251 g/mol. The first-order valence-electron chi connectivity index (χ1n) is 6.07. The van der Waals surface area contributed by atoms with Gasteiger partial charge in [0.2, 0.25) is 5.91 Å². The smallest absolute Gasteiger partial charge is 0.251 e. The van der Waals surface area contributed by atoms with Gasteiger partial charge in [-0.2, -0.15) is 0 Å². The lowest BCUT2D eigenvalue weighted by Crippen LogP contribution is -2.33. The molecule has 0 bridgehead atoms. The fourth-order valence-corrected chi connectivity index (χ4v) is 1.95. The van der Waals surface area contributed by atoms with Crippen molar-refractivity contribution in [3.63, 3.8) is 0 Å². The van der Waals surface area contributed by atoms with Crippen LogP contribution >= 0.6 is 0 Å². The standard InChI is InChI=1S/C12H17N3O3/c1-8-6-11(16)15-10(14-8)2-4-13-12(17)9-3-5-18-7-9/h6,9H,2-5,7H2,1H3,(H,13,17)(H,14,15,16)/t9-/m0/s1. The lowest BCUT2D eigenvalue weighted by molar-refractivity contribution is -0.124. The Morgan fingerprint density at radius 3 is 3.17 bits per heavy atom. The summed E-state index contributed by atoms with van der Waals surface area (Å²) >= 11 is 0. The van der Waals surface area contributed by atoms with Crippen LogP contribution in [0.3, 0.4) is 0 Å². The number of aryl methyl sites for hydroxylation is 1. The number of rotatable bonds is 4. The zero-order chi connectivity index (χ0) is 13.0. The topological polar surface area (TPSA) is 84.1 Å². The van der Waals surface area contributed by atoms with E-state index in [0.717, 1.165) is 6.42 Å². The van der Waals surface area contributed by atoms with E-state index >= 15 is 0 Å². The minimum Gasteiger partial charge on any atom is -0.381 e. The quantitative estimate of drug-likeness (QED) is 0.774. The first kappa shape index (κ1) is 12.8. The third kappa shape index (κ3) is 3.40. The second-order valence-corrected chi connectivity index (χ2v) is 4.44. The number of H-pyrrole nitrogens is 1. The Morgan fingerprint density at radius 1 is 1.67 bits per heavy atom. The lowest BCUT2D eigenvalue weighted by atomic mass is 10.1. The van der Waals surface area contributed by atoms with E-state index in [4.69, 9.17) is 4.74 Å². The molecule has 1 aromatic heterocycles. The Bertz CT molecular complexity index is 478. The lowest BCUT2D eigenvalue weighted by Gasteiger charge is -2.08. The third-order valence-electron chi connectivity index (χ3n) is 2.88. The maximum Gasteiger partial charge on any atom is 0.251 e. The normalized spacial score (nSPS) is 18.8. The number of carbonyl (C=O) groups excluding carboxylic acids is 1. The van der Waals surface area contributed by atoms with E-state index in [1.165, 1.54) is 6.07 Å². The second-order valence-electron chi connectivity index (χ2n) is 4.44. The van der Waals surface area contributed by atoms with Crippen molar-refractivity contribution in [2.75, 3.05) is 19.8 Å². The maximum atomic E-state index is 11.7. The molecule has 0 aliphatic carbocycles. The Balaban J connectivity index is 1.81. The Morgan fingerprint density at radius 2 is 2.50 bits per heavy atom. The summed E-state index contributed by atoms with van der Waals surface area (Å²) < 4.78 is 5.15. The molecule has 0 aromatic carbocycles. The van der Waals surface area contributed by atoms with Gasteiger partial charge in [0.05, 0.1) is 12.5 Å². The number of aromatic amines is 1. The van der Waals surface area contributed by atoms with E-state index in [1.807, 2.05) is 0 Å². The Hall–Kier alpha value is -1.69. The molecular formula is C12H17N3O3. The fraction of sp³-hybridized carbons (Fsp3) is 0.583. The number of nitrogens with one attached hydrogen (secondary N) is 2. The van der Waals surface area contributed by atoms with Crippen LogP contribution in [0, 0.1) is 12.8 Å². The Labute approximate surface area is 105 Å². The molecule has 0 radical (unpaired) electrons. The number of hydrogen-bond donors (Lipinski definition) is 2. The summed E-state index contributed by atoms with van der Waals surface area (Å²) in [6.07, 6.45) is 1.31. The van der Waals surface area contributed by atoms with E-state index in [1.54, 1.807) is 6.92 Å². The molecule has 1 amide bonds. The number of aromatic nitrogens is 2. The molecule has 0 saturated carbocycles. The Kier molecular flexibility index (Phi) is 4.09. The van der Waals surface area contributed by atoms with Gasteiger partial charge in [0.25, 0.3) is 5.56 Å². The van der Waals surface area contributed by atoms with E-state index in [-0.39, 0.29) is 17.4 Å². The molecule has 6 heteroatoms. The van der Waals surface area contributed by atoms with Gasteiger partial charge in [-0.25, -0.2) is 4.98 Å². The average molecular weight is 251 g/mol. The minimum absolute atomic E-state index is 0.0162. The molecule has 98 valence electrons. The van der Waals surface area contributed by atoms with Gasteiger partial charge in [-0.1, -0.05) is 0 Å². The number of hydrogen-bond acceptors (Lipinski definition) is 4. The van der Waals surface area contributed by atoms with Gasteiger partial charge in [0, 0.05) is 31.3 Å². The van der Waals surface area contributed by atoms with Crippen LogP contribution in [0.5, 0.6) is 0 Å². The first-order chi connectivity index (χ1) is 8.65. The molecular weight excluding hydrogens is 234 g/mol. The molecule has 2 rings (SSSR count). The molecule has 1 saturated heterocycles. The van der Waals surface area contributed by atoms with Gasteiger partial charge in [0.15, 0.2) is 0 Å². The molecule has 1 atom stereocenters. The average Bonchev–Trinajstić information content (AvgIpc) is 2.80. The maximum absolute atomic E-state index is 11.7. The van der Waals surface area contributed by atoms with Gasteiger partial charge in [0.1, 0.15) is 5.82 Å². The molecule has 1 aliphatic heterocycles. The summed E-state index contributed by atoms with van der Waals surface area (Å²) in [4.78, 5) is 29.7. The van der Waals surface area contributed by atoms with Gasteiger partial charge < -0.3 is 15.0 Å². The summed E-state index contributed by atoms with van der Waals surface area (Å²) in [5.41, 5.74) is 0.525. The highest BCUT2D eigenvalue weighted by Gasteiger charge is 2.22. The van der Waals surface area contributed by atoms with Crippen LogP contribution in [-0.4, -0.2) is 35.6 Å². The highest BCUT2D eigenvalue weighted by Crippen LogP contribution is 2.11. The zero-order valence-corrected chi connectivity index (χ0v) is 10.4. The highest BCUT2D eigenvalue weighted by atomic mass is 16.5.